The lowest BCUT2D eigenvalue weighted by molar-refractivity contribution is -0.0494. The van der Waals surface area contributed by atoms with Gasteiger partial charge in [-0.1, -0.05) is 30.3 Å². The van der Waals surface area contributed by atoms with Gasteiger partial charge in [-0.3, -0.25) is 9.59 Å². The summed E-state index contributed by atoms with van der Waals surface area (Å²) in [5.41, 5.74) is 2.32. The Morgan fingerprint density at radius 2 is 1.80 bits per heavy atom. The fraction of sp³-hybridized carbons (Fsp3) is 0.296. The van der Waals surface area contributed by atoms with Gasteiger partial charge >= 0.3 is 0 Å². The van der Waals surface area contributed by atoms with Crippen molar-refractivity contribution in [3.63, 3.8) is 0 Å². The zero-order chi connectivity index (χ0) is 24.6. The molecule has 35 heavy (non-hydrogen) atoms. The Bertz CT molecular complexity index is 1470. The largest absolute Gasteiger partial charge is 0.338 e. The summed E-state index contributed by atoms with van der Waals surface area (Å²) in [6, 6.07) is 17.1. The first kappa shape index (κ1) is 23.5. The molecule has 0 bridgehead atoms. The van der Waals surface area contributed by atoms with Crippen LogP contribution in [0.3, 0.4) is 0 Å². The molecule has 0 aliphatic carbocycles. The number of carbonyl (C=O) groups is 1. The van der Waals surface area contributed by atoms with Gasteiger partial charge in [0.15, 0.2) is 0 Å². The number of hydrogen-bond acceptors (Lipinski definition) is 4. The third kappa shape index (κ3) is 4.67. The molecule has 0 atom stereocenters. The lowest BCUT2D eigenvalue weighted by atomic mass is 9.95. The molecule has 0 saturated carbocycles. The van der Waals surface area contributed by atoms with Crippen LogP contribution in [0.15, 0.2) is 65.6 Å². The molecule has 5 nitrogen and oxygen atoms in total. The summed E-state index contributed by atoms with van der Waals surface area (Å²) in [5, 5.41) is 7.59. The normalized spacial score (nSPS) is 15.6. The van der Waals surface area contributed by atoms with E-state index in [1.165, 1.54) is 9.58 Å². The summed E-state index contributed by atoms with van der Waals surface area (Å²) in [6.45, 7) is 0.698. The second kappa shape index (κ2) is 9.41. The summed E-state index contributed by atoms with van der Waals surface area (Å²) in [6.07, 6.45) is 3.13. The van der Waals surface area contributed by atoms with E-state index in [1.807, 2.05) is 54.8 Å². The van der Waals surface area contributed by atoms with E-state index in [4.69, 9.17) is 0 Å². The van der Waals surface area contributed by atoms with Crippen LogP contribution in [0.5, 0.6) is 0 Å². The highest BCUT2D eigenvalue weighted by Crippen LogP contribution is 2.32. The highest BCUT2D eigenvalue weighted by atomic mass is 32.2. The third-order valence-corrected chi connectivity index (χ3v) is 7.17. The standard InChI is InChI=1S/C27H25F2N3O2S/c1-35-14-13-32-26(34)24-8-5-19(16-21(24)17-30-32)22-4-2-3-18-15-20(6-7-23(18)22)25(33)31-11-9-27(28,29)10-12-31/h2-8,15-17H,9-14H2,1H3. The van der Waals surface area contributed by atoms with Crippen LogP contribution in [-0.4, -0.2) is 51.6 Å². The fourth-order valence-corrected chi connectivity index (χ4v) is 4.94. The van der Waals surface area contributed by atoms with Crippen molar-refractivity contribution in [1.29, 1.82) is 0 Å². The van der Waals surface area contributed by atoms with E-state index in [0.29, 0.717) is 17.5 Å². The molecule has 3 aromatic carbocycles. The summed E-state index contributed by atoms with van der Waals surface area (Å²) >= 11 is 1.67. The van der Waals surface area contributed by atoms with Crippen LogP contribution in [0, 0.1) is 0 Å². The summed E-state index contributed by atoms with van der Waals surface area (Å²) in [5.74, 6) is -2.09. The van der Waals surface area contributed by atoms with Crippen LogP contribution < -0.4 is 5.56 Å². The van der Waals surface area contributed by atoms with Crippen LogP contribution in [0.25, 0.3) is 32.7 Å². The number of nitrogens with zero attached hydrogens (tertiary/aromatic N) is 3. The number of benzene rings is 3. The van der Waals surface area contributed by atoms with Gasteiger partial charge in [0.1, 0.15) is 0 Å². The summed E-state index contributed by atoms with van der Waals surface area (Å²) in [4.78, 5) is 27.2. The number of fused-ring (bicyclic) bond motifs is 2. The number of aryl methyl sites for hydroxylation is 1. The zero-order valence-electron chi connectivity index (χ0n) is 19.3. The minimum absolute atomic E-state index is 0.0635. The molecule has 5 rings (SSSR count). The van der Waals surface area contributed by atoms with E-state index in [0.717, 1.165) is 33.0 Å². The molecule has 0 N–H and O–H groups in total. The number of thioether (sulfide) groups is 1. The van der Waals surface area contributed by atoms with Crippen LogP contribution in [0.4, 0.5) is 8.78 Å². The summed E-state index contributed by atoms with van der Waals surface area (Å²) in [7, 11) is 0. The molecule has 2 heterocycles. The van der Waals surface area contributed by atoms with Crippen LogP contribution in [-0.2, 0) is 6.54 Å². The predicted octanol–water partition coefficient (Wildman–Crippen LogP) is 5.45. The van der Waals surface area contributed by atoms with Gasteiger partial charge in [0.25, 0.3) is 17.4 Å². The molecule has 0 radical (unpaired) electrons. The first-order chi connectivity index (χ1) is 16.9. The SMILES string of the molecule is CSCCn1ncc2cc(-c3cccc4cc(C(=O)N5CCC(F)(F)CC5)ccc34)ccc2c1=O. The van der Waals surface area contributed by atoms with E-state index in [1.54, 1.807) is 24.0 Å². The Hall–Kier alpha value is -3.26. The minimum atomic E-state index is -2.69. The quantitative estimate of drug-likeness (QED) is 0.371. The Balaban J connectivity index is 1.47. The van der Waals surface area contributed by atoms with Crippen molar-refractivity contribution in [3.05, 3.63) is 76.7 Å². The van der Waals surface area contributed by atoms with E-state index in [2.05, 4.69) is 5.10 Å². The maximum absolute atomic E-state index is 13.5. The fourth-order valence-electron chi connectivity index (χ4n) is 4.58. The van der Waals surface area contributed by atoms with Crippen molar-refractivity contribution >= 4 is 39.2 Å². The Morgan fingerprint density at radius 3 is 2.57 bits per heavy atom. The summed E-state index contributed by atoms with van der Waals surface area (Å²) < 4.78 is 28.5. The number of carbonyl (C=O) groups excluding carboxylic acids is 1. The highest BCUT2D eigenvalue weighted by Gasteiger charge is 2.35. The number of amides is 1. The molecule has 0 spiro atoms. The number of alkyl halides is 2. The van der Waals surface area contributed by atoms with Crippen molar-refractivity contribution in [2.24, 2.45) is 0 Å². The molecule has 1 amide bonds. The second-order valence-corrected chi connectivity index (χ2v) is 9.84. The molecule has 0 unspecified atom stereocenters. The molecular formula is C27H25F2N3O2S. The number of rotatable bonds is 5. The maximum Gasteiger partial charge on any atom is 0.274 e. The third-order valence-electron chi connectivity index (χ3n) is 6.58. The van der Waals surface area contributed by atoms with Gasteiger partial charge < -0.3 is 4.90 Å². The lowest BCUT2D eigenvalue weighted by Crippen LogP contribution is -2.42. The molecule has 1 aromatic heterocycles. The van der Waals surface area contributed by atoms with Gasteiger partial charge in [-0.05, 0) is 52.4 Å². The predicted molar refractivity (Wildman–Crippen MR) is 137 cm³/mol. The van der Waals surface area contributed by atoms with Crippen molar-refractivity contribution in [2.45, 2.75) is 25.3 Å². The zero-order valence-corrected chi connectivity index (χ0v) is 20.2. The first-order valence-electron chi connectivity index (χ1n) is 11.6. The molecule has 4 aromatic rings. The van der Waals surface area contributed by atoms with Crippen LogP contribution in [0.1, 0.15) is 23.2 Å². The molecule has 1 fully saturated rings. The van der Waals surface area contributed by atoms with Crippen LogP contribution in [0.2, 0.25) is 0 Å². The topological polar surface area (TPSA) is 55.2 Å². The lowest BCUT2D eigenvalue weighted by Gasteiger charge is -2.31. The number of aromatic nitrogens is 2. The van der Waals surface area contributed by atoms with E-state index < -0.39 is 5.92 Å². The smallest absolute Gasteiger partial charge is 0.274 e. The minimum Gasteiger partial charge on any atom is -0.338 e. The Morgan fingerprint density at radius 1 is 1.03 bits per heavy atom. The molecule has 1 aliphatic rings. The Labute approximate surface area is 205 Å². The Kier molecular flexibility index (Phi) is 6.32. The van der Waals surface area contributed by atoms with E-state index in [-0.39, 0.29) is 37.4 Å². The van der Waals surface area contributed by atoms with Gasteiger partial charge in [0.05, 0.1) is 18.1 Å². The monoisotopic (exact) mass is 493 g/mol. The van der Waals surface area contributed by atoms with Crippen molar-refractivity contribution in [1.82, 2.24) is 14.7 Å². The number of likely N-dealkylation sites (tertiary alicyclic amines) is 1. The van der Waals surface area contributed by atoms with Gasteiger partial charge in [0, 0.05) is 42.6 Å². The van der Waals surface area contributed by atoms with Gasteiger partial charge in [-0.15, -0.1) is 0 Å². The van der Waals surface area contributed by atoms with Gasteiger partial charge in [-0.2, -0.15) is 16.9 Å². The van der Waals surface area contributed by atoms with Crippen molar-refractivity contribution in [2.75, 3.05) is 25.1 Å². The maximum atomic E-state index is 13.5. The molecule has 180 valence electrons. The first-order valence-corrected chi connectivity index (χ1v) is 12.9. The average Bonchev–Trinajstić information content (AvgIpc) is 2.87. The highest BCUT2D eigenvalue weighted by molar-refractivity contribution is 7.98. The van der Waals surface area contributed by atoms with E-state index in [9.17, 15) is 18.4 Å². The van der Waals surface area contributed by atoms with Gasteiger partial charge in [-0.25, -0.2) is 13.5 Å². The molecule has 8 heteroatoms. The number of halogens is 2. The average molecular weight is 494 g/mol. The van der Waals surface area contributed by atoms with Gasteiger partial charge in [0.2, 0.25) is 0 Å². The molecule has 1 aliphatic heterocycles. The number of piperidine rings is 1. The van der Waals surface area contributed by atoms with Crippen LogP contribution >= 0.6 is 11.8 Å². The number of hydrogen-bond donors (Lipinski definition) is 0. The molecular weight excluding hydrogens is 468 g/mol. The van der Waals surface area contributed by atoms with Crippen molar-refractivity contribution in [3.8, 4) is 11.1 Å². The van der Waals surface area contributed by atoms with E-state index >= 15 is 0 Å². The van der Waals surface area contributed by atoms with Crippen molar-refractivity contribution < 1.29 is 13.6 Å². The second-order valence-electron chi connectivity index (χ2n) is 8.86. The molecule has 1 saturated heterocycles.